The summed E-state index contributed by atoms with van der Waals surface area (Å²) in [7, 11) is 1.30. The van der Waals surface area contributed by atoms with Gasteiger partial charge in [0.15, 0.2) is 0 Å². The van der Waals surface area contributed by atoms with Gasteiger partial charge in [0.2, 0.25) is 5.91 Å². The SMILES string of the molecule is COC(=O)C(NC(=O)C=Cc1ccncc1)C(C)C. The van der Waals surface area contributed by atoms with Crippen molar-refractivity contribution in [2.45, 2.75) is 19.9 Å². The van der Waals surface area contributed by atoms with Crippen LogP contribution in [0.3, 0.4) is 0 Å². The number of hydrogen-bond acceptors (Lipinski definition) is 4. The van der Waals surface area contributed by atoms with Gasteiger partial charge in [-0.15, -0.1) is 0 Å². The third kappa shape index (κ3) is 4.91. The molecule has 0 aliphatic heterocycles. The van der Waals surface area contributed by atoms with Crippen molar-refractivity contribution < 1.29 is 14.3 Å². The minimum atomic E-state index is -0.639. The average Bonchev–Trinajstić information content (AvgIpc) is 2.42. The van der Waals surface area contributed by atoms with Crippen LogP contribution in [-0.4, -0.2) is 30.0 Å². The zero-order valence-corrected chi connectivity index (χ0v) is 11.3. The maximum atomic E-state index is 11.7. The molecule has 0 aliphatic carbocycles. The van der Waals surface area contributed by atoms with E-state index < -0.39 is 12.0 Å². The molecule has 0 aliphatic rings. The molecule has 1 atom stereocenters. The average molecular weight is 262 g/mol. The van der Waals surface area contributed by atoms with Gasteiger partial charge in [0.1, 0.15) is 6.04 Å². The molecule has 1 heterocycles. The van der Waals surface area contributed by atoms with E-state index in [4.69, 9.17) is 0 Å². The van der Waals surface area contributed by atoms with Crippen molar-refractivity contribution in [1.29, 1.82) is 0 Å². The van der Waals surface area contributed by atoms with Gasteiger partial charge in [-0.05, 0) is 29.7 Å². The lowest BCUT2D eigenvalue weighted by Gasteiger charge is -2.18. The highest BCUT2D eigenvalue weighted by Crippen LogP contribution is 2.04. The van der Waals surface area contributed by atoms with Crippen LogP contribution in [0.5, 0.6) is 0 Å². The lowest BCUT2D eigenvalue weighted by Crippen LogP contribution is -2.44. The van der Waals surface area contributed by atoms with E-state index in [1.165, 1.54) is 13.2 Å². The number of nitrogens with one attached hydrogen (secondary N) is 1. The maximum Gasteiger partial charge on any atom is 0.328 e. The van der Waals surface area contributed by atoms with Crippen LogP contribution in [0.4, 0.5) is 0 Å². The summed E-state index contributed by atoms with van der Waals surface area (Å²) in [6.45, 7) is 3.68. The predicted molar refractivity (Wildman–Crippen MR) is 72.1 cm³/mol. The highest BCUT2D eigenvalue weighted by atomic mass is 16.5. The zero-order valence-electron chi connectivity index (χ0n) is 11.3. The number of pyridine rings is 1. The van der Waals surface area contributed by atoms with Gasteiger partial charge in [0.05, 0.1) is 7.11 Å². The Kier molecular flexibility index (Phi) is 5.73. The monoisotopic (exact) mass is 262 g/mol. The number of aromatic nitrogens is 1. The molecule has 0 aromatic carbocycles. The molecule has 1 N–H and O–H groups in total. The summed E-state index contributed by atoms with van der Waals surface area (Å²) in [6.07, 6.45) is 6.32. The molecule has 1 aromatic heterocycles. The van der Waals surface area contributed by atoms with E-state index in [0.717, 1.165) is 5.56 Å². The van der Waals surface area contributed by atoms with Gasteiger partial charge in [-0.3, -0.25) is 9.78 Å². The quantitative estimate of drug-likeness (QED) is 0.643. The summed E-state index contributed by atoms with van der Waals surface area (Å²) in [4.78, 5) is 27.1. The van der Waals surface area contributed by atoms with E-state index in [1.54, 1.807) is 30.6 Å². The van der Waals surface area contributed by atoms with Crippen LogP contribution in [0.25, 0.3) is 6.08 Å². The van der Waals surface area contributed by atoms with Crippen molar-refractivity contribution >= 4 is 18.0 Å². The van der Waals surface area contributed by atoms with E-state index in [0.29, 0.717) is 0 Å². The first kappa shape index (κ1) is 14.9. The molecule has 1 amide bonds. The number of carbonyl (C=O) groups excluding carboxylic acids is 2. The van der Waals surface area contributed by atoms with Crippen LogP contribution in [-0.2, 0) is 14.3 Å². The Hall–Kier alpha value is -2.17. The maximum absolute atomic E-state index is 11.7. The van der Waals surface area contributed by atoms with E-state index in [9.17, 15) is 9.59 Å². The molecule has 1 rings (SSSR count). The number of carbonyl (C=O) groups is 2. The molecule has 5 nitrogen and oxygen atoms in total. The predicted octanol–water partition coefficient (Wildman–Crippen LogP) is 1.41. The fraction of sp³-hybridized carbons (Fsp3) is 0.357. The normalized spacial score (nSPS) is 12.4. The lowest BCUT2D eigenvalue weighted by molar-refractivity contribution is -0.145. The van der Waals surface area contributed by atoms with Crippen LogP contribution in [0, 0.1) is 5.92 Å². The van der Waals surface area contributed by atoms with Crippen LogP contribution in [0.1, 0.15) is 19.4 Å². The lowest BCUT2D eigenvalue weighted by atomic mass is 10.0. The van der Waals surface area contributed by atoms with Crippen LogP contribution in [0.15, 0.2) is 30.6 Å². The second-order valence-corrected chi connectivity index (χ2v) is 4.37. The second kappa shape index (κ2) is 7.31. The van der Waals surface area contributed by atoms with E-state index in [1.807, 2.05) is 13.8 Å². The number of rotatable bonds is 5. The molecule has 102 valence electrons. The Balaban J connectivity index is 2.63. The molecule has 0 radical (unpaired) electrons. The highest BCUT2D eigenvalue weighted by molar-refractivity contribution is 5.94. The van der Waals surface area contributed by atoms with Crippen LogP contribution >= 0.6 is 0 Å². The largest absolute Gasteiger partial charge is 0.467 e. The Morgan fingerprint density at radius 2 is 1.95 bits per heavy atom. The van der Waals surface area contributed by atoms with Crippen molar-refractivity contribution in [2.75, 3.05) is 7.11 Å². The molecule has 0 bridgehead atoms. The number of hydrogen-bond donors (Lipinski definition) is 1. The smallest absolute Gasteiger partial charge is 0.328 e. The number of nitrogens with zero attached hydrogens (tertiary/aromatic N) is 1. The standard InChI is InChI=1S/C14H18N2O3/c1-10(2)13(14(18)19-3)16-12(17)5-4-11-6-8-15-9-7-11/h4-10,13H,1-3H3,(H,16,17). The molecule has 1 unspecified atom stereocenters. The molecule has 5 heteroatoms. The molecule has 0 saturated heterocycles. The van der Waals surface area contributed by atoms with E-state index in [2.05, 4.69) is 15.0 Å². The Labute approximate surface area is 112 Å². The van der Waals surface area contributed by atoms with Gasteiger partial charge in [-0.1, -0.05) is 13.8 Å². The van der Waals surface area contributed by atoms with Gasteiger partial charge < -0.3 is 10.1 Å². The number of methoxy groups -OCH3 is 1. The van der Waals surface area contributed by atoms with Crippen LogP contribution in [0.2, 0.25) is 0 Å². The Morgan fingerprint density at radius 3 is 2.47 bits per heavy atom. The second-order valence-electron chi connectivity index (χ2n) is 4.37. The third-order valence-corrected chi connectivity index (χ3v) is 2.55. The molecule has 0 saturated carbocycles. The Morgan fingerprint density at radius 1 is 1.32 bits per heavy atom. The summed E-state index contributed by atoms with van der Waals surface area (Å²) < 4.78 is 4.65. The summed E-state index contributed by atoms with van der Waals surface area (Å²) in [5, 5.41) is 2.62. The molecular formula is C14H18N2O3. The van der Waals surface area contributed by atoms with Crippen LogP contribution < -0.4 is 5.32 Å². The summed E-state index contributed by atoms with van der Waals surface area (Å²) in [5.41, 5.74) is 0.865. The third-order valence-electron chi connectivity index (χ3n) is 2.55. The van der Waals surface area contributed by atoms with Gasteiger partial charge in [0.25, 0.3) is 0 Å². The van der Waals surface area contributed by atoms with E-state index in [-0.39, 0.29) is 11.8 Å². The first-order valence-corrected chi connectivity index (χ1v) is 6.01. The highest BCUT2D eigenvalue weighted by Gasteiger charge is 2.23. The first-order valence-electron chi connectivity index (χ1n) is 6.01. The van der Waals surface area contributed by atoms with Gasteiger partial charge in [0, 0.05) is 18.5 Å². The van der Waals surface area contributed by atoms with Crippen molar-refractivity contribution in [2.24, 2.45) is 5.92 Å². The zero-order chi connectivity index (χ0) is 14.3. The van der Waals surface area contributed by atoms with Crippen molar-refractivity contribution in [1.82, 2.24) is 10.3 Å². The summed E-state index contributed by atoms with van der Waals surface area (Å²) in [5.74, 6) is -0.813. The number of ether oxygens (including phenoxy) is 1. The molecule has 0 spiro atoms. The van der Waals surface area contributed by atoms with Crippen molar-refractivity contribution in [3.63, 3.8) is 0 Å². The molecule has 0 fully saturated rings. The first-order chi connectivity index (χ1) is 9.04. The van der Waals surface area contributed by atoms with E-state index >= 15 is 0 Å². The van der Waals surface area contributed by atoms with Gasteiger partial charge in [-0.2, -0.15) is 0 Å². The fourth-order valence-electron chi connectivity index (χ4n) is 1.47. The van der Waals surface area contributed by atoms with Crippen molar-refractivity contribution in [3.05, 3.63) is 36.2 Å². The molecule has 1 aromatic rings. The molecular weight excluding hydrogens is 244 g/mol. The van der Waals surface area contributed by atoms with Gasteiger partial charge in [-0.25, -0.2) is 4.79 Å². The number of esters is 1. The number of amides is 1. The fourth-order valence-corrected chi connectivity index (χ4v) is 1.47. The van der Waals surface area contributed by atoms with Gasteiger partial charge >= 0.3 is 5.97 Å². The molecule has 19 heavy (non-hydrogen) atoms. The Bertz CT molecular complexity index is 455. The topological polar surface area (TPSA) is 68.3 Å². The summed E-state index contributed by atoms with van der Waals surface area (Å²) in [6, 6.07) is 2.92. The minimum absolute atomic E-state index is 0.0364. The van der Waals surface area contributed by atoms with Crippen molar-refractivity contribution in [3.8, 4) is 0 Å². The minimum Gasteiger partial charge on any atom is -0.467 e. The summed E-state index contributed by atoms with van der Waals surface area (Å²) >= 11 is 0.